The van der Waals surface area contributed by atoms with Gasteiger partial charge in [-0.3, -0.25) is 10.1 Å². The molecule has 0 unspecified atom stereocenters. The molecule has 1 aromatic carbocycles. The topological polar surface area (TPSA) is 93.7 Å². The SMILES string of the molecule is CC[C@@H](Oc1ccccc1)C(=O)O[C@H](C)C(=O)NC(=O)NC. The molecule has 0 aliphatic heterocycles. The minimum absolute atomic E-state index is 0.386. The van der Waals surface area contributed by atoms with Crippen molar-refractivity contribution in [3.8, 4) is 5.75 Å². The van der Waals surface area contributed by atoms with E-state index in [9.17, 15) is 14.4 Å². The average molecular weight is 308 g/mol. The Labute approximate surface area is 129 Å². The zero-order valence-electron chi connectivity index (χ0n) is 12.8. The molecular formula is C15H20N2O5. The molecule has 0 radical (unpaired) electrons. The van der Waals surface area contributed by atoms with E-state index in [1.807, 2.05) is 11.4 Å². The number of carbonyl (C=O) groups excluding carboxylic acids is 3. The molecule has 1 aromatic rings. The zero-order valence-corrected chi connectivity index (χ0v) is 12.8. The standard InChI is InChI=1S/C15H20N2O5/c1-4-12(22-11-8-6-5-7-9-11)14(19)21-10(2)13(18)17-15(20)16-3/h5-10,12H,4H2,1-3H3,(H2,16,17,18,20)/t10-,12-/m1/s1. The summed E-state index contributed by atoms with van der Waals surface area (Å²) in [4.78, 5) is 34.7. The van der Waals surface area contributed by atoms with Crippen molar-refractivity contribution in [2.75, 3.05) is 7.05 Å². The average Bonchev–Trinajstić information content (AvgIpc) is 2.53. The fraction of sp³-hybridized carbons (Fsp3) is 0.400. The molecule has 2 N–H and O–H groups in total. The van der Waals surface area contributed by atoms with E-state index in [4.69, 9.17) is 9.47 Å². The third kappa shape index (κ3) is 5.43. The van der Waals surface area contributed by atoms with Crippen LogP contribution in [0.1, 0.15) is 20.3 Å². The first-order chi connectivity index (χ1) is 10.5. The minimum Gasteiger partial charge on any atom is -0.479 e. The van der Waals surface area contributed by atoms with E-state index >= 15 is 0 Å². The Hall–Kier alpha value is -2.57. The molecule has 0 heterocycles. The Balaban J connectivity index is 2.57. The van der Waals surface area contributed by atoms with Gasteiger partial charge in [0.2, 0.25) is 0 Å². The predicted octanol–water partition coefficient (Wildman–Crippen LogP) is 1.23. The largest absolute Gasteiger partial charge is 0.479 e. The van der Waals surface area contributed by atoms with Gasteiger partial charge in [-0.05, 0) is 25.5 Å². The summed E-state index contributed by atoms with van der Waals surface area (Å²) in [7, 11) is 1.38. The summed E-state index contributed by atoms with van der Waals surface area (Å²) in [5.41, 5.74) is 0. The van der Waals surface area contributed by atoms with Gasteiger partial charge in [0, 0.05) is 7.05 Å². The van der Waals surface area contributed by atoms with Gasteiger partial charge in [-0.1, -0.05) is 25.1 Å². The Morgan fingerprint density at radius 3 is 2.36 bits per heavy atom. The maximum Gasteiger partial charge on any atom is 0.348 e. The summed E-state index contributed by atoms with van der Waals surface area (Å²) < 4.78 is 10.5. The van der Waals surface area contributed by atoms with Gasteiger partial charge in [0.05, 0.1) is 0 Å². The number of imide groups is 1. The van der Waals surface area contributed by atoms with Gasteiger partial charge in [0.1, 0.15) is 5.75 Å². The molecule has 0 fully saturated rings. The van der Waals surface area contributed by atoms with Gasteiger partial charge < -0.3 is 14.8 Å². The molecule has 7 heteroatoms. The maximum absolute atomic E-state index is 12.0. The summed E-state index contributed by atoms with van der Waals surface area (Å²) in [5, 5.41) is 4.27. The predicted molar refractivity (Wildman–Crippen MR) is 79.3 cm³/mol. The Morgan fingerprint density at radius 1 is 1.18 bits per heavy atom. The van der Waals surface area contributed by atoms with Crippen LogP contribution in [0.3, 0.4) is 0 Å². The number of ether oxygens (including phenoxy) is 2. The highest BCUT2D eigenvalue weighted by atomic mass is 16.6. The van der Waals surface area contributed by atoms with Crippen LogP contribution in [0.4, 0.5) is 4.79 Å². The lowest BCUT2D eigenvalue weighted by molar-refractivity contribution is -0.161. The Kier molecular flexibility index (Phi) is 6.88. The first kappa shape index (κ1) is 17.5. The lowest BCUT2D eigenvalue weighted by atomic mass is 10.2. The van der Waals surface area contributed by atoms with Gasteiger partial charge in [-0.25, -0.2) is 9.59 Å². The molecule has 7 nitrogen and oxygen atoms in total. The van der Waals surface area contributed by atoms with Crippen molar-refractivity contribution in [1.29, 1.82) is 0 Å². The van der Waals surface area contributed by atoms with Crippen LogP contribution < -0.4 is 15.4 Å². The Bertz CT molecular complexity index is 518. The molecule has 0 aliphatic rings. The number of hydrogen-bond donors (Lipinski definition) is 2. The van der Waals surface area contributed by atoms with Gasteiger partial charge in [-0.2, -0.15) is 0 Å². The van der Waals surface area contributed by atoms with E-state index in [-0.39, 0.29) is 0 Å². The second-order valence-electron chi connectivity index (χ2n) is 4.48. The monoisotopic (exact) mass is 308 g/mol. The molecule has 0 spiro atoms. The number of para-hydroxylation sites is 1. The molecule has 0 saturated carbocycles. The molecule has 0 saturated heterocycles. The summed E-state index contributed by atoms with van der Waals surface area (Å²) in [6.07, 6.45) is -1.53. The second-order valence-corrected chi connectivity index (χ2v) is 4.48. The van der Waals surface area contributed by atoms with Gasteiger partial charge in [-0.15, -0.1) is 0 Å². The lowest BCUT2D eigenvalue weighted by Crippen LogP contribution is -2.44. The molecule has 1 rings (SSSR count). The lowest BCUT2D eigenvalue weighted by Gasteiger charge is -2.19. The number of esters is 1. The quantitative estimate of drug-likeness (QED) is 0.771. The van der Waals surface area contributed by atoms with Crippen LogP contribution in [0.5, 0.6) is 5.75 Å². The summed E-state index contributed by atoms with van der Waals surface area (Å²) in [6.45, 7) is 3.15. The van der Waals surface area contributed by atoms with Crippen molar-refractivity contribution in [1.82, 2.24) is 10.6 Å². The highest BCUT2D eigenvalue weighted by Crippen LogP contribution is 2.13. The van der Waals surface area contributed by atoms with Crippen molar-refractivity contribution in [2.45, 2.75) is 32.5 Å². The normalized spacial score (nSPS) is 12.7. The van der Waals surface area contributed by atoms with E-state index in [2.05, 4.69) is 5.32 Å². The molecule has 3 amide bonds. The minimum atomic E-state index is -1.10. The van der Waals surface area contributed by atoms with E-state index in [0.717, 1.165) is 0 Å². The number of rotatable bonds is 6. The molecule has 0 aliphatic carbocycles. The maximum atomic E-state index is 12.0. The molecular weight excluding hydrogens is 288 g/mol. The highest BCUT2D eigenvalue weighted by Gasteiger charge is 2.26. The van der Waals surface area contributed by atoms with Crippen LogP contribution in [0, 0.1) is 0 Å². The summed E-state index contributed by atoms with van der Waals surface area (Å²) in [5.74, 6) is -0.832. The van der Waals surface area contributed by atoms with Crippen molar-refractivity contribution in [2.24, 2.45) is 0 Å². The first-order valence-electron chi connectivity index (χ1n) is 6.92. The number of benzene rings is 1. The number of carbonyl (C=O) groups is 3. The van der Waals surface area contributed by atoms with Crippen LogP contribution in [0.2, 0.25) is 0 Å². The molecule has 0 aromatic heterocycles. The van der Waals surface area contributed by atoms with E-state index in [0.29, 0.717) is 12.2 Å². The number of nitrogens with one attached hydrogen (secondary N) is 2. The van der Waals surface area contributed by atoms with Crippen LogP contribution >= 0.6 is 0 Å². The Morgan fingerprint density at radius 2 is 1.82 bits per heavy atom. The summed E-state index contributed by atoms with van der Waals surface area (Å²) >= 11 is 0. The fourth-order valence-corrected chi connectivity index (χ4v) is 1.54. The summed E-state index contributed by atoms with van der Waals surface area (Å²) in [6, 6.07) is 8.17. The van der Waals surface area contributed by atoms with E-state index in [1.54, 1.807) is 31.2 Å². The third-order valence-electron chi connectivity index (χ3n) is 2.78. The third-order valence-corrected chi connectivity index (χ3v) is 2.78. The van der Waals surface area contributed by atoms with Crippen LogP contribution in [0.25, 0.3) is 0 Å². The molecule has 0 bridgehead atoms. The van der Waals surface area contributed by atoms with Crippen LogP contribution in [0.15, 0.2) is 30.3 Å². The first-order valence-corrected chi connectivity index (χ1v) is 6.92. The number of urea groups is 1. The highest BCUT2D eigenvalue weighted by molar-refractivity contribution is 5.97. The smallest absolute Gasteiger partial charge is 0.348 e. The van der Waals surface area contributed by atoms with Gasteiger partial charge >= 0.3 is 12.0 Å². The van der Waals surface area contributed by atoms with E-state index < -0.39 is 30.1 Å². The van der Waals surface area contributed by atoms with Gasteiger partial charge in [0.15, 0.2) is 12.2 Å². The number of hydrogen-bond acceptors (Lipinski definition) is 5. The van der Waals surface area contributed by atoms with Crippen LogP contribution in [-0.4, -0.2) is 37.2 Å². The van der Waals surface area contributed by atoms with Crippen molar-refractivity contribution >= 4 is 17.9 Å². The van der Waals surface area contributed by atoms with Crippen molar-refractivity contribution in [3.63, 3.8) is 0 Å². The van der Waals surface area contributed by atoms with Crippen molar-refractivity contribution < 1.29 is 23.9 Å². The second kappa shape index (κ2) is 8.66. The van der Waals surface area contributed by atoms with E-state index in [1.165, 1.54) is 14.0 Å². The van der Waals surface area contributed by atoms with Crippen LogP contribution in [-0.2, 0) is 14.3 Å². The molecule has 120 valence electrons. The zero-order chi connectivity index (χ0) is 16.5. The fourth-order valence-electron chi connectivity index (χ4n) is 1.54. The van der Waals surface area contributed by atoms with Gasteiger partial charge in [0.25, 0.3) is 5.91 Å². The van der Waals surface area contributed by atoms with Crippen molar-refractivity contribution in [3.05, 3.63) is 30.3 Å². The molecule has 2 atom stereocenters. The molecule has 22 heavy (non-hydrogen) atoms. The number of amides is 3.